The first kappa shape index (κ1) is 8.64. The number of amides is 1. The van der Waals surface area contributed by atoms with Crippen LogP contribution in [0.5, 0.6) is 5.75 Å². The van der Waals surface area contributed by atoms with Crippen molar-refractivity contribution in [3.63, 3.8) is 0 Å². The number of hydrogen-bond acceptors (Lipinski definition) is 3. The van der Waals surface area contributed by atoms with Crippen molar-refractivity contribution < 1.29 is 14.3 Å². The molecule has 0 aliphatic carbocycles. The van der Waals surface area contributed by atoms with Crippen molar-refractivity contribution in [1.82, 2.24) is 5.32 Å². The summed E-state index contributed by atoms with van der Waals surface area (Å²) in [5.74, 6) is -0.226. The molecule has 0 radical (unpaired) electrons. The van der Waals surface area contributed by atoms with Crippen LogP contribution in [0.25, 0.3) is 0 Å². The molecule has 4 heteroatoms. The fraction of sp³-hybridized carbons (Fsp3) is 0.375. The van der Waals surface area contributed by atoms with E-state index in [-0.39, 0.29) is 23.5 Å². The molecular formula is C8H11NO3. The van der Waals surface area contributed by atoms with Crippen LogP contribution in [0.1, 0.15) is 24.4 Å². The normalized spacial score (nSPS) is 10.2. The molecule has 1 rings (SSSR count). The summed E-state index contributed by atoms with van der Waals surface area (Å²) < 4.78 is 4.76. The number of rotatable bonds is 2. The number of hydrogen-bond donors (Lipinski definition) is 2. The van der Waals surface area contributed by atoms with Gasteiger partial charge in [0.25, 0.3) is 5.91 Å². The minimum absolute atomic E-state index is 0.0380. The third-order valence-corrected chi connectivity index (χ3v) is 1.23. The van der Waals surface area contributed by atoms with Crippen LogP contribution in [-0.2, 0) is 0 Å². The van der Waals surface area contributed by atoms with Gasteiger partial charge in [-0.15, -0.1) is 0 Å². The molecule has 1 amide bonds. The second-order valence-electron chi connectivity index (χ2n) is 2.80. The molecule has 1 aromatic rings. The summed E-state index contributed by atoms with van der Waals surface area (Å²) in [6.07, 6.45) is 1.12. The highest BCUT2D eigenvalue weighted by atomic mass is 16.4. The number of carbonyl (C=O) groups excluding carboxylic acids is 1. The Morgan fingerprint density at radius 2 is 2.33 bits per heavy atom. The van der Waals surface area contributed by atoms with Crippen LogP contribution in [0.3, 0.4) is 0 Å². The minimum Gasteiger partial charge on any atom is -0.505 e. The molecule has 0 unspecified atom stereocenters. The third kappa shape index (κ3) is 2.02. The van der Waals surface area contributed by atoms with Gasteiger partial charge < -0.3 is 14.8 Å². The van der Waals surface area contributed by atoms with Crippen LogP contribution in [0.4, 0.5) is 0 Å². The lowest BCUT2D eigenvalue weighted by Crippen LogP contribution is -2.29. The maximum absolute atomic E-state index is 11.2. The van der Waals surface area contributed by atoms with Crippen molar-refractivity contribution in [2.75, 3.05) is 0 Å². The van der Waals surface area contributed by atoms with Gasteiger partial charge in [-0.05, 0) is 13.8 Å². The van der Waals surface area contributed by atoms with Crippen LogP contribution < -0.4 is 5.32 Å². The maximum Gasteiger partial charge on any atom is 0.287 e. The van der Waals surface area contributed by atoms with E-state index in [9.17, 15) is 4.79 Å². The first-order valence-corrected chi connectivity index (χ1v) is 3.68. The van der Waals surface area contributed by atoms with Gasteiger partial charge in [0.1, 0.15) is 6.26 Å². The lowest BCUT2D eigenvalue weighted by molar-refractivity contribution is 0.0915. The highest BCUT2D eigenvalue weighted by molar-refractivity contribution is 5.91. The Bertz CT molecular complexity index is 278. The number of aromatic hydroxyl groups is 1. The van der Waals surface area contributed by atoms with E-state index in [0.717, 1.165) is 6.26 Å². The Kier molecular flexibility index (Phi) is 2.38. The van der Waals surface area contributed by atoms with E-state index in [1.54, 1.807) is 0 Å². The van der Waals surface area contributed by atoms with E-state index in [1.165, 1.54) is 6.07 Å². The molecule has 12 heavy (non-hydrogen) atoms. The predicted octanol–water partition coefficient (Wildman–Crippen LogP) is 1.12. The monoisotopic (exact) mass is 169 g/mol. The van der Waals surface area contributed by atoms with E-state index in [1.807, 2.05) is 13.8 Å². The van der Waals surface area contributed by atoms with Crippen molar-refractivity contribution in [1.29, 1.82) is 0 Å². The molecule has 0 bridgehead atoms. The zero-order chi connectivity index (χ0) is 9.14. The maximum atomic E-state index is 11.2. The van der Waals surface area contributed by atoms with E-state index in [4.69, 9.17) is 9.52 Å². The summed E-state index contributed by atoms with van der Waals surface area (Å²) >= 11 is 0. The van der Waals surface area contributed by atoms with Crippen molar-refractivity contribution in [3.05, 3.63) is 18.1 Å². The van der Waals surface area contributed by atoms with Gasteiger partial charge in [0.05, 0.1) is 0 Å². The minimum atomic E-state index is -0.315. The molecule has 0 spiro atoms. The molecule has 1 heterocycles. The average Bonchev–Trinajstić information content (AvgIpc) is 2.34. The molecule has 2 N–H and O–H groups in total. The van der Waals surface area contributed by atoms with Crippen molar-refractivity contribution in [3.8, 4) is 5.75 Å². The van der Waals surface area contributed by atoms with Gasteiger partial charge in [-0.25, -0.2) is 0 Å². The quantitative estimate of drug-likeness (QED) is 0.697. The van der Waals surface area contributed by atoms with Crippen molar-refractivity contribution >= 4 is 5.91 Å². The molecule has 0 fully saturated rings. The van der Waals surface area contributed by atoms with Crippen molar-refractivity contribution in [2.24, 2.45) is 0 Å². The molecule has 0 aromatic carbocycles. The van der Waals surface area contributed by atoms with E-state index < -0.39 is 0 Å². The molecule has 0 aliphatic rings. The van der Waals surface area contributed by atoms with Gasteiger partial charge in [0, 0.05) is 12.1 Å². The first-order chi connectivity index (χ1) is 5.59. The largest absolute Gasteiger partial charge is 0.505 e. The van der Waals surface area contributed by atoms with Gasteiger partial charge >= 0.3 is 0 Å². The molecular weight excluding hydrogens is 158 g/mol. The SMILES string of the molecule is CC(C)NC(=O)c1cc(O)co1. The fourth-order valence-corrected chi connectivity index (χ4v) is 0.779. The Balaban J connectivity index is 2.65. The standard InChI is InChI=1S/C8H11NO3/c1-5(2)9-8(11)7-3-6(10)4-12-7/h3-5,10H,1-2H3,(H,9,11). The fourth-order valence-electron chi connectivity index (χ4n) is 0.779. The predicted molar refractivity (Wildman–Crippen MR) is 43.0 cm³/mol. The van der Waals surface area contributed by atoms with Crippen LogP contribution in [0, 0.1) is 0 Å². The van der Waals surface area contributed by atoms with Crippen LogP contribution in [0.15, 0.2) is 16.7 Å². The first-order valence-electron chi connectivity index (χ1n) is 3.68. The second-order valence-corrected chi connectivity index (χ2v) is 2.80. The summed E-state index contributed by atoms with van der Waals surface area (Å²) in [6.45, 7) is 3.70. The zero-order valence-electron chi connectivity index (χ0n) is 7.00. The summed E-state index contributed by atoms with van der Waals surface area (Å²) in [5.41, 5.74) is 0. The second kappa shape index (κ2) is 3.30. The Morgan fingerprint density at radius 3 is 2.75 bits per heavy atom. The van der Waals surface area contributed by atoms with Gasteiger partial charge in [0.2, 0.25) is 0 Å². The lowest BCUT2D eigenvalue weighted by Gasteiger charge is -2.04. The van der Waals surface area contributed by atoms with E-state index in [2.05, 4.69) is 5.32 Å². The van der Waals surface area contributed by atoms with Crippen LogP contribution in [-0.4, -0.2) is 17.1 Å². The van der Waals surface area contributed by atoms with E-state index in [0.29, 0.717) is 0 Å². The average molecular weight is 169 g/mol. The number of furan rings is 1. The van der Waals surface area contributed by atoms with Gasteiger partial charge in [-0.1, -0.05) is 0 Å². The lowest BCUT2D eigenvalue weighted by atomic mass is 10.3. The van der Waals surface area contributed by atoms with Gasteiger partial charge in [-0.3, -0.25) is 4.79 Å². The van der Waals surface area contributed by atoms with Gasteiger partial charge in [0.15, 0.2) is 11.5 Å². The molecule has 66 valence electrons. The Labute approximate surface area is 70.2 Å². The highest BCUT2D eigenvalue weighted by Crippen LogP contribution is 2.13. The summed E-state index contributed by atoms with van der Waals surface area (Å²) in [6, 6.07) is 1.34. The Morgan fingerprint density at radius 1 is 1.67 bits per heavy atom. The topological polar surface area (TPSA) is 62.5 Å². The molecule has 0 aliphatic heterocycles. The molecule has 0 saturated heterocycles. The van der Waals surface area contributed by atoms with Crippen LogP contribution >= 0.6 is 0 Å². The molecule has 0 atom stereocenters. The zero-order valence-corrected chi connectivity index (χ0v) is 7.00. The molecule has 4 nitrogen and oxygen atoms in total. The molecule has 1 aromatic heterocycles. The molecule has 0 saturated carbocycles. The van der Waals surface area contributed by atoms with E-state index >= 15 is 0 Å². The van der Waals surface area contributed by atoms with Crippen LogP contribution in [0.2, 0.25) is 0 Å². The summed E-state index contributed by atoms with van der Waals surface area (Å²) in [4.78, 5) is 11.2. The Hall–Kier alpha value is -1.45. The number of carbonyl (C=O) groups is 1. The number of nitrogens with one attached hydrogen (secondary N) is 1. The van der Waals surface area contributed by atoms with Crippen molar-refractivity contribution in [2.45, 2.75) is 19.9 Å². The highest BCUT2D eigenvalue weighted by Gasteiger charge is 2.10. The smallest absolute Gasteiger partial charge is 0.287 e. The van der Waals surface area contributed by atoms with Gasteiger partial charge in [-0.2, -0.15) is 0 Å². The summed E-state index contributed by atoms with van der Waals surface area (Å²) in [5, 5.41) is 11.5. The summed E-state index contributed by atoms with van der Waals surface area (Å²) in [7, 11) is 0. The third-order valence-electron chi connectivity index (χ3n) is 1.23.